The zero-order valence-electron chi connectivity index (χ0n) is 14.8. The van der Waals surface area contributed by atoms with E-state index in [4.69, 9.17) is 9.15 Å². The molecule has 0 aliphatic carbocycles. The molecule has 2 heterocycles. The molecule has 3 aromatic rings. The number of furan rings is 1. The van der Waals surface area contributed by atoms with E-state index in [0.717, 1.165) is 5.75 Å². The number of thiophene rings is 1. The first-order valence-corrected chi connectivity index (χ1v) is 9.31. The summed E-state index contributed by atoms with van der Waals surface area (Å²) in [6, 6.07) is 15.1. The minimum atomic E-state index is -0.224. The van der Waals surface area contributed by atoms with Crippen LogP contribution in [-0.2, 0) is 6.61 Å². The van der Waals surface area contributed by atoms with Gasteiger partial charge in [-0.2, -0.15) is 11.3 Å². The van der Waals surface area contributed by atoms with Crippen molar-refractivity contribution in [3.63, 3.8) is 0 Å². The summed E-state index contributed by atoms with van der Waals surface area (Å²) in [7, 11) is 4.00. The maximum absolute atomic E-state index is 12.4. The van der Waals surface area contributed by atoms with Crippen LogP contribution in [-0.4, -0.2) is 31.4 Å². The second kappa shape index (κ2) is 8.69. The van der Waals surface area contributed by atoms with Crippen molar-refractivity contribution in [3.05, 3.63) is 76.4 Å². The van der Waals surface area contributed by atoms with Crippen molar-refractivity contribution >= 4 is 17.2 Å². The highest BCUT2D eigenvalue weighted by Crippen LogP contribution is 2.20. The van der Waals surface area contributed by atoms with Crippen LogP contribution in [0.4, 0.5) is 0 Å². The monoisotopic (exact) mass is 370 g/mol. The van der Waals surface area contributed by atoms with Crippen LogP contribution in [0.3, 0.4) is 0 Å². The number of nitrogens with zero attached hydrogens (tertiary/aromatic N) is 1. The SMILES string of the molecule is CN(C)[C@@H](CNC(=O)c1ccc(COc2ccccc2)o1)c1ccsc1. The molecule has 0 aliphatic heterocycles. The van der Waals surface area contributed by atoms with Crippen LogP contribution in [0.1, 0.15) is 27.9 Å². The van der Waals surface area contributed by atoms with Crippen molar-refractivity contribution in [2.24, 2.45) is 0 Å². The molecule has 1 atom stereocenters. The molecule has 1 aromatic carbocycles. The Balaban J connectivity index is 1.54. The van der Waals surface area contributed by atoms with E-state index in [9.17, 15) is 4.79 Å². The number of carbonyl (C=O) groups is 1. The third-order valence-electron chi connectivity index (χ3n) is 4.02. The van der Waals surface area contributed by atoms with Gasteiger partial charge < -0.3 is 19.4 Å². The Morgan fingerprint density at radius 3 is 2.69 bits per heavy atom. The predicted molar refractivity (Wildman–Crippen MR) is 103 cm³/mol. The van der Waals surface area contributed by atoms with E-state index in [1.54, 1.807) is 23.5 Å². The topological polar surface area (TPSA) is 54.7 Å². The maximum atomic E-state index is 12.4. The molecule has 3 rings (SSSR count). The smallest absolute Gasteiger partial charge is 0.287 e. The fraction of sp³-hybridized carbons (Fsp3) is 0.250. The number of ether oxygens (including phenoxy) is 1. The number of para-hydroxylation sites is 1. The van der Waals surface area contributed by atoms with Crippen molar-refractivity contribution in [3.8, 4) is 5.75 Å². The van der Waals surface area contributed by atoms with Gasteiger partial charge in [-0.05, 0) is 60.8 Å². The van der Waals surface area contributed by atoms with Crippen LogP contribution < -0.4 is 10.1 Å². The largest absolute Gasteiger partial charge is 0.486 e. The summed E-state index contributed by atoms with van der Waals surface area (Å²) in [6.07, 6.45) is 0. The van der Waals surface area contributed by atoms with E-state index in [2.05, 4.69) is 21.7 Å². The third kappa shape index (κ3) is 4.74. The normalized spacial score (nSPS) is 12.1. The van der Waals surface area contributed by atoms with Crippen molar-refractivity contribution in [2.75, 3.05) is 20.6 Å². The number of hydrogen-bond donors (Lipinski definition) is 1. The molecule has 1 N–H and O–H groups in total. The van der Waals surface area contributed by atoms with Gasteiger partial charge >= 0.3 is 0 Å². The van der Waals surface area contributed by atoms with Gasteiger partial charge in [0.1, 0.15) is 18.1 Å². The molecule has 0 fully saturated rings. The molecule has 0 saturated heterocycles. The van der Waals surface area contributed by atoms with E-state index in [1.807, 2.05) is 49.8 Å². The van der Waals surface area contributed by atoms with Gasteiger partial charge in [0.15, 0.2) is 5.76 Å². The van der Waals surface area contributed by atoms with Crippen LogP contribution in [0.15, 0.2) is 63.7 Å². The molecule has 0 spiro atoms. The molecular formula is C20H22N2O3S. The lowest BCUT2D eigenvalue weighted by molar-refractivity contribution is 0.0910. The second-order valence-corrected chi connectivity index (χ2v) is 6.89. The van der Waals surface area contributed by atoms with Gasteiger partial charge in [0.25, 0.3) is 5.91 Å². The molecule has 5 nitrogen and oxygen atoms in total. The number of amides is 1. The van der Waals surface area contributed by atoms with Crippen LogP contribution >= 0.6 is 11.3 Å². The summed E-state index contributed by atoms with van der Waals surface area (Å²) in [5, 5.41) is 7.09. The Morgan fingerprint density at radius 1 is 1.19 bits per heavy atom. The Bertz CT molecular complexity index is 813. The van der Waals surface area contributed by atoms with Crippen LogP contribution in [0.2, 0.25) is 0 Å². The molecule has 1 amide bonds. The van der Waals surface area contributed by atoms with Gasteiger partial charge in [-0.1, -0.05) is 18.2 Å². The van der Waals surface area contributed by atoms with Gasteiger partial charge in [-0.15, -0.1) is 0 Å². The fourth-order valence-corrected chi connectivity index (χ4v) is 3.30. The van der Waals surface area contributed by atoms with Gasteiger partial charge in [0, 0.05) is 6.54 Å². The predicted octanol–water partition coefficient (Wildman–Crippen LogP) is 3.95. The van der Waals surface area contributed by atoms with Crippen molar-refractivity contribution < 1.29 is 13.9 Å². The molecule has 0 radical (unpaired) electrons. The summed E-state index contributed by atoms with van der Waals surface area (Å²) < 4.78 is 11.2. The molecule has 136 valence electrons. The van der Waals surface area contributed by atoms with Gasteiger partial charge in [0.05, 0.1) is 6.04 Å². The number of benzene rings is 1. The zero-order chi connectivity index (χ0) is 18.4. The van der Waals surface area contributed by atoms with Crippen LogP contribution in [0, 0.1) is 0 Å². The first-order valence-electron chi connectivity index (χ1n) is 8.37. The third-order valence-corrected chi connectivity index (χ3v) is 4.72. The zero-order valence-corrected chi connectivity index (χ0v) is 15.7. The minimum absolute atomic E-state index is 0.126. The highest BCUT2D eigenvalue weighted by atomic mass is 32.1. The molecule has 0 aliphatic rings. The molecule has 26 heavy (non-hydrogen) atoms. The average molecular weight is 370 g/mol. The highest BCUT2D eigenvalue weighted by Gasteiger charge is 2.18. The lowest BCUT2D eigenvalue weighted by atomic mass is 10.1. The summed E-state index contributed by atoms with van der Waals surface area (Å²) in [5.41, 5.74) is 1.19. The number of likely N-dealkylation sites (N-methyl/N-ethyl adjacent to an activating group) is 1. The van der Waals surface area contributed by atoms with Gasteiger partial charge in [-0.3, -0.25) is 4.79 Å². The summed E-state index contributed by atoms with van der Waals surface area (Å²) >= 11 is 1.65. The number of nitrogens with one attached hydrogen (secondary N) is 1. The molecular weight excluding hydrogens is 348 g/mol. The molecule has 0 unspecified atom stereocenters. The second-order valence-electron chi connectivity index (χ2n) is 6.11. The standard InChI is InChI=1S/C20H22N2O3S/c1-22(2)18(15-10-11-26-14-15)12-21-20(23)19-9-8-17(25-19)13-24-16-6-4-3-5-7-16/h3-11,14,18H,12-13H2,1-2H3,(H,21,23)/t18-/m0/s1. The van der Waals surface area contributed by atoms with Gasteiger partial charge in [-0.25, -0.2) is 0 Å². The first-order chi connectivity index (χ1) is 12.6. The molecule has 6 heteroatoms. The lowest BCUT2D eigenvalue weighted by Crippen LogP contribution is -2.34. The maximum Gasteiger partial charge on any atom is 0.287 e. The number of carbonyl (C=O) groups excluding carboxylic acids is 1. The van der Waals surface area contributed by atoms with E-state index in [1.165, 1.54) is 5.56 Å². The van der Waals surface area contributed by atoms with Crippen LogP contribution in [0.25, 0.3) is 0 Å². The van der Waals surface area contributed by atoms with Crippen molar-refractivity contribution in [1.29, 1.82) is 0 Å². The average Bonchev–Trinajstić information content (AvgIpc) is 3.33. The Kier molecular flexibility index (Phi) is 6.09. The van der Waals surface area contributed by atoms with Gasteiger partial charge in [0.2, 0.25) is 0 Å². The lowest BCUT2D eigenvalue weighted by Gasteiger charge is -2.23. The highest BCUT2D eigenvalue weighted by molar-refractivity contribution is 7.07. The Labute approximate surface area is 157 Å². The van der Waals surface area contributed by atoms with E-state index >= 15 is 0 Å². The summed E-state index contributed by atoms with van der Waals surface area (Å²) in [4.78, 5) is 14.5. The summed E-state index contributed by atoms with van der Waals surface area (Å²) in [5.74, 6) is 1.44. The van der Waals surface area contributed by atoms with E-state index in [-0.39, 0.29) is 18.6 Å². The quantitative estimate of drug-likeness (QED) is 0.652. The van der Waals surface area contributed by atoms with Crippen molar-refractivity contribution in [1.82, 2.24) is 10.2 Å². The Hall–Kier alpha value is -2.57. The van der Waals surface area contributed by atoms with E-state index < -0.39 is 0 Å². The fourth-order valence-electron chi connectivity index (χ4n) is 2.59. The first kappa shape index (κ1) is 18.2. The number of hydrogen-bond acceptors (Lipinski definition) is 5. The van der Waals surface area contributed by atoms with E-state index in [0.29, 0.717) is 18.1 Å². The molecule has 2 aromatic heterocycles. The molecule has 0 saturated carbocycles. The van der Waals surface area contributed by atoms with Crippen LogP contribution in [0.5, 0.6) is 5.75 Å². The number of rotatable bonds is 8. The molecule has 0 bridgehead atoms. The van der Waals surface area contributed by atoms with Crippen molar-refractivity contribution in [2.45, 2.75) is 12.6 Å². The minimum Gasteiger partial charge on any atom is -0.486 e. The summed E-state index contributed by atoms with van der Waals surface area (Å²) in [6.45, 7) is 0.797. The Morgan fingerprint density at radius 2 is 2.00 bits per heavy atom.